The Bertz CT molecular complexity index is 1310. The fourth-order valence-electron chi connectivity index (χ4n) is 10.8. The summed E-state index contributed by atoms with van der Waals surface area (Å²) in [5.41, 5.74) is -1.98. The third-order valence-corrected chi connectivity index (χ3v) is 13.4. The van der Waals surface area contributed by atoms with Crippen LogP contribution in [0, 0.1) is 41.4 Å². The summed E-state index contributed by atoms with van der Waals surface area (Å²) in [7, 11) is 0. The first-order chi connectivity index (χ1) is 22.7. The van der Waals surface area contributed by atoms with Gasteiger partial charge in [-0.25, -0.2) is 23.9 Å². The molecule has 0 amide bonds. The Kier molecular flexibility index (Phi) is 8.11. The second kappa shape index (κ2) is 11.4. The van der Waals surface area contributed by atoms with E-state index in [-0.39, 0.29) is 48.9 Å². The maximum Gasteiger partial charge on any atom is 0.449 e. The molecule has 9 fully saturated rings. The molecule has 14 atom stereocenters. The second-order valence-corrected chi connectivity index (χ2v) is 16.1. The number of rotatable bonds is 7. The molecule has 10 nitrogen and oxygen atoms in total. The van der Waals surface area contributed by atoms with Crippen molar-refractivity contribution in [2.24, 2.45) is 41.4 Å². The van der Waals surface area contributed by atoms with Crippen molar-refractivity contribution >= 4 is 0 Å². The molecule has 8 heterocycles. The SMILES string of the molecule is C[C@@H]1CC[C@H]2C(CNCCO[C@@]3(CF)O[C@@H]4O[C@]5(C)CCC6[C@H](C)CC[C@@H]([C@H]3C)[C@]64OO5)=C(C(F)(F)F)O[C@@H]3O[C@]4(C)CCC1[C@]32OO4. The molecule has 7 saturated heterocycles. The minimum Gasteiger partial charge on any atom is -0.456 e. The van der Waals surface area contributed by atoms with Crippen molar-refractivity contribution in [3.8, 4) is 0 Å². The van der Waals surface area contributed by atoms with Gasteiger partial charge in [0.25, 0.3) is 0 Å². The molecule has 4 bridgehead atoms. The Morgan fingerprint density at radius 2 is 1.40 bits per heavy atom. The molecule has 48 heavy (non-hydrogen) atoms. The molecule has 10 rings (SSSR count). The quantitative estimate of drug-likeness (QED) is 0.189. The first-order valence-electron chi connectivity index (χ1n) is 17.8. The monoisotopic (exact) mass is 691 g/mol. The lowest BCUT2D eigenvalue weighted by molar-refractivity contribution is -0.587. The highest BCUT2D eigenvalue weighted by Gasteiger charge is 2.73. The number of nitrogens with one attached hydrogen (secondary N) is 1. The largest absolute Gasteiger partial charge is 0.456 e. The van der Waals surface area contributed by atoms with Crippen LogP contribution in [-0.4, -0.2) is 73.7 Å². The predicted octanol–water partition coefficient (Wildman–Crippen LogP) is 6.20. The van der Waals surface area contributed by atoms with E-state index in [1.165, 1.54) is 0 Å². The van der Waals surface area contributed by atoms with E-state index in [0.29, 0.717) is 31.6 Å². The van der Waals surface area contributed by atoms with E-state index in [1.54, 1.807) is 13.8 Å². The van der Waals surface area contributed by atoms with E-state index >= 15 is 4.39 Å². The van der Waals surface area contributed by atoms with Gasteiger partial charge < -0.3 is 29.0 Å². The average Bonchev–Trinajstić information content (AvgIpc) is 3.41. The van der Waals surface area contributed by atoms with Crippen LogP contribution in [0.1, 0.15) is 86.0 Å². The Labute approximate surface area is 278 Å². The Hall–Kier alpha value is -1.10. The molecule has 8 aliphatic heterocycles. The first kappa shape index (κ1) is 34.0. The van der Waals surface area contributed by atoms with Crippen LogP contribution >= 0.6 is 0 Å². The normalized spacial score (nSPS) is 52.6. The van der Waals surface area contributed by atoms with Crippen molar-refractivity contribution in [1.29, 1.82) is 0 Å². The summed E-state index contributed by atoms with van der Waals surface area (Å²) in [6.07, 6.45) is -1.25. The molecule has 2 spiro atoms. The summed E-state index contributed by atoms with van der Waals surface area (Å²) in [6, 6.07) is 0. The standard InChI is InChI=1S/C34H49F4NO9/c1-18-6-8-24-20(3)31(17-35,44-28-32(24)22(18)10-13-30(5,43-28)46-47-32)40-15-14-39-16-21-25-9-7-19(2)23-11-12-29(4)42-27(33(23,25)48-45-29)41-26(21)34(36,37)38/h18-20,22-25,27-28,39H,6-17H2,1-5H3/t18-,19-,20-,22?,23?,24+,25+,27-,28+,29+,30+,31+,32-,33-/m1/s1. The molecular weight excluding hydrogens is 642 g/mol. The zero-order valence-electron chi connectivity index (χ0n) is 28.4. The smallest absolute Gasteiger partial charge is 0.449 e. The van der Waals surface area contributed by atoms with Crippen molar-refractivity contribution in [3.05, 3.63) is 11.3 Å². The molecule has 0 aromatic heterocycles. The van der Waals surface area contributed by atoms with Gasteiger partial charge in [-0.1, -0.05) is 20.8 Å². The van der Waals surface area contributed by atoms with Gasteiger partial charge in [0.2, 0.25) is 29.4 Å². The lowest BCUT2D eigenvalue weighted by Crippen LogP contribution is -2.74. The number of halogens is 4. The van der Waals surface area contributed by atoms with Crippen LogP contribution in [0.5, 0.6) is 0 Å². The molecule has 2 unspecified atom stereocenters. The highest BCUT2D eigenvalue weighted by molar-refractivity contribution is 5.29. The topological polar surface area (TPSA) is 95.1 Å². The molecule has 2 saturated carbocycles. The minimum absolute atomic E-state index is 0.0101. The summed E-state index contributed by atoms with van der Waals surface area (Å²) in [6.45, 7) is 8.79. The van der Waals surface area contributed by atoms with Gasteiger partial charge in [0.15, 0.2) is 17.5 Å². The van der Waals surface area contributed by atoms with Crippen LogP contribution in [0.2, 0.25) is 0 Å². The van der Waals surface area contributed by atoms with Crippen LogP contribution in [-0.2, 0) is 43.2 Å². The zero-order chi connectivity index (χ0) is 33.9. The average molecular weight is 692 g/mol. The minimum atomic E-state index is -4.74. The molecular formula is C34H49F4NO9. The van der Waals surface area contributed by atoms with Crippen molar-refractivity contribution in [2.75, 3.05) is 26.4 Å². The molecule has 2 aliphatic carbocycles. The van der Waals surface area contributed by atoms with Crippen LogP contribution in [0.3, 0.4) is 0 Å². The van der Waals surface area contributed by atoms with Crippen molar-refractivity contribution < 1.29 is 60.8 Å². The van der Waals surface area contributed by atoms with Crippen molar-refractivity contribution in [3.63, 3.8) is 0 Å². The van der Waals surface area contributed by atoms with Gasteiger partial charge >= 0.3 is 6.18 Å². The van der Waals surface area contributed by atoms with E-state index in [4.69, 9.17) is 43.2 Å². The van der Waals surface area contributed by atoms with Gasteiger partial charge in [0, 0.05) is 49.6 Å². The Morgan fingerprint density at radius 3 is 2.06 bits per heavy atom. The van der Waals surface area contributed by atoms with Gasteiger partial charge in [-0.2, -0.15) is 13.2 Å². The van der Waals surface area contributed by atoms with E-state index in [0.717, 1.165) is 25.7 Å². The molecule has 272 valence electrons. The van der Waals surface area contributed by atoms with Gasteiger partial charge in [-0.15, -0.1) is 0 Å². The van der Waals surface area contributed by atoms with Gasteiger partial charge in [-0.3, -0.25) is 0 Å². The summed E-state index contributed by atoms with van der Waals surface area (Å²) < 4.78 is 89.7. The summed E-state index contributed by atoms with van der Waals surface area (Å²) >= 11 is 0. The van der Waals surface area contributed by atoms with Gasteiger partial charge in [0.05, 0.1) is 6.61 Å². The summed E-state index contributed by atoms with van der Waals surface area (Å²) in [4.78, 5) is 23.9. The fourth-order valence-corrected chi connectivity index (χ4v) is 10.8. The lowest BCUT2D eigenvalue weighted by Gasteiger charge is -2.62. The van der Waals surface area contributed by atoms with Crippen molar-refractivity contribution in [1.82, 2.24) is 5.32 Å². The number of fused-ring (bicyclic) bond motifs is 4. The van der Waals surface area contributed by atoms with Crippen LogP contribution in [0.25, 0.3) is 0 Å². The molecule has 0 aromatic carbocycles. The van der Waals surface area contributed by atoms with Crippen LogP contribution in [0.15, 0.2) is 11.3 Å². The van der Waals surface area contributed by atoms with E-state index in [9.17, 15) is 13.2 Å². The molecule has 14 heteroatoms. The van der Waals surface area contributed by atoms with Crippen molar-refractivity contribution in [2.45, 2.75) is 133 Å². The zero-order valence-corrected chi connectivity index (χ0v) is 28.4. The third kappa shape index (κ3) is 4.83. The van der Waals surface area contributed by atoms with E-state index in [1.807, 2.05) is 6.92 Å². The Morgan fingerprint density at radius 1 is 0.771 bits per heavy atom. The molecule has 10 aliphatic rings. The number of alkyl halides is 4. The predicted molar refractivity (Wildman–Crippen MR) is 158 cm³/mol. The number of hydrogen-bond acceptors (Lipinski definition) is 10. The lowest BCUT2D eigenvalue weighted by atomic mass is 9.57. The van der Waals surface area contributed by atoms with E-state index in [2.05, 4.69) is 19.2 Å². The maximum absolute atomic E-state index is 15.2. The van der Waals surface area contributed by atoms with E-state index < -0.39 is 71.6 Å². The van der Waals surface area contributed by atoms with Gasteiger partial charge in [0.1, 0.15) is 6.67 Å². The molecule has 0 aromatic rings. The third-order valence-electron chi connectivity index (χ3n) is 13.4. The maximum atomic E-state index is 15.2. The van der Waals surface area contributed by atoms with Gasteiger partial charge in [-0.05, 0) is 75.7 Å². The fraction of sp³-hybridized carbons (Fsp3) is 0.941. The summed E-state index contributed by atoms with van der Waals surface area (Å²) in [5, 5.41) is 3.13. The second-order valence-electron chi connectivity index (χ2n) is 16.1. The number of hydrogen-bond donors (Lipinski definition) is 1. The number of ether oxygens (including phenoxy) is 5. The van der Waals surface area contributed by atoms with Crippen LogP contribution in [0.4, 0.5) is 17.6 Å². The van der Waals surface area contributed by atoms with Crippen LogP contribution < -0.4 is 5.32 Å². The molecule has 1 N–H and O–H groups in total. The highest BCUT2D eigenvalue weighted by atomic mass is 19.4. The number of allylic oxidation sites excluding steroid dienone is 1. The summed E-state index contributed by atoms with van der Waals surface area (Å²) in [5.74, 6) is -5.47. The Balaban J connectivity index is 0.997. The highest BCUT2D eigenvalue weighted by Crippen LogP contribution is 2.63. The molecule has 0 radical (unpaired) electrons. The first-order valence-corrected chi connectivity index (χ1v) is 17.8.